The summed E-state index contributed by atoms with van der Waals surface area (Å²) in [6, 6.07) is 6.84. The molecule has 2 rings (SSSR count). The van der Waals surface area contributed by atoms with Gasteiger partial charge in [-0.2, -0.15) is 0 Å². The van der Waals surface area contributed by atoms with E-state index in [1.165, 1.54) is 0 Å². The zero-order valence-corrected chi connectivity index (χ0v) is 7.57. The first-order valence-corrected chi connectivity index (χ1v) is 4.49. The molecule has 3 nitrogen and oxygen atoms in total. The molecule has 1 aliphatic rings. The molecule has 1 aliphatic carbocycles. The van der Waals surface area contributed by atoms with Crippen LogP contribution in [-0.4, -0.2) is 11.0 Å². The first-order valence-electron chi connectivity index (χ1n) is 4.05. The number of hydrogen-bond acceptors (Lipinski definition) is 2. The first-order chi connectivity index (χ1) is 6.20. The summed E-state index contributed by atoms with van der Waals surface area (Å²) >= 11 is 5.96. The van der Waals surface area contributed by atoms with E-state index in [1.807, 2.05) is 24.3 Å². The molecule has 0 aliphatic heterocycles. The number of halogens is 1. The van der Waals surface area contributed by atoms with Crippen LogP contribution >= 0.6 is 11.6 Å². The Balaban J connectivity index is 2.38. The molecular formula is C9H8ClNO2. The van der Waals surface area contributed by atoms with E-state index in [0.717, 1.165) is 11.1 Å². The maximum atomic E-state index is 10.6. The van der Waals surface area contributed by atoms with E-state index in [1.54, 1.807) is 0 Å². The number of alkyl halides is 1. The Hall–Kier alpha value is -1.09. The van der Waals surface area contributed by atoms with Gasteiger partial charge in [0.2, 0.25) is 6.04 Å². The Bertz CT molecular complexity index is 353. The molecule has 0 saturated carbocycles. The van der Waals surface area contributed by atoms with Crippen LogP contribution in [0.15, 0.2) is 24.3 Å². The molecule has 0 fully saturated rings. The van der Waals surface area contributed by atoms with E-state index in [2.05, 4.69) is 0 Å². The summed E-state index contributed by atoms with van der Waals surface area (Å²) in [4.78, 5) is 10.3. The lowest BCUT2D eigenvalue weighted by molar-refractivity contribution is -0.520. The van der Waals surface area contributed by atoms with Crippen molar-refractivity contribution in [3.8, 4) is 0 Å². The van der Waals surface area contributed by atoms with Gasteiger partial charge in [-0.05, 0) is 11.1 Å². The van der Waals surface area contributed by atoms with Gasteiger partial charge >= 0.3 is 0 Å². The van der Waals surface area contributed by atoms with Crippen molar-refractivity contribution < 1.29 is 4.92 Å². The number of fused-ring (bicyclic) bond motifs is 1. The molecule has 1 aromatic carbocycles. The summed E-state index contributed by atoms with van der Waals surface area (Å²) in [6.45, 7) is 0. The fourth-order valence-electron chi connectivity index (χ4n) is 1.71. The third-order valence-corrected chi connectivity index (χ3v) is 2.92. The molecule has 0 aromatic heterocycles. The highest BCUT2D eigenvalue weighted by Gasteiger charge is 2.38. The number of rotatable bonds is 1. The molecule has 2 atom stereocenters. The van der Waals surface area contributed by atoms with Crippen molar-refractivity contribution in [1.29, 1.82) is 0 Å². The second-order valence-electron chi connectivity index (χ2n) is 3.16. The van der Waals surface area contributed by atoms with Gasteiger partial charge in [0.05, 0.1) is 0 Å². The van der Waals surface area contributed by atoms with Crippen LogP contribution in [0.5, 0.6) is 0 Å². The van der Waals surface area contributed by atoms with Crippen molar-refractivity contribution >= 4 is 11.6 Å². The van der Waals surface area contributed by atoms with Gasteiger partial charge < -0.3 is 0 Å². The van der Waals surface area contributed by atoms with Crippen LogP contribution in [0.1, 0.15) is 16.5 Å². The molecule has 0 amide bonds. The monoisotopic (exact) mass is 197 g/mol. The van der Waals surface area contributed by atoms with Crippen molar-refractivity contribution in [3.05, 3.63) is 45.5 Å². The Morgan fingerprint density at radius 1 is 1.46 bits per heavy atom. The summed E-state index contributed by atoms with van der Waals surface area (Å²) in [5.74, 6) is 0. The van der Waals surface area contributed by atoms with Crippen molar-refractivity contribution in [2.45, 2.75) is 17.8 Å². The SMILES string of the molecule is O=[N+]([O-])[C@H]1Cc2ccccc2[C@@H]1Cl. The molecule has 0 unspecified atom stereocenters. The minimum Gasteiger partial charge on any atom is -0.264 e. The van der Waals surface area contributed by atoms with E-state index >= 15 is 0 Å². The predicted molar refractivity (Wildman–Crippen MR) is 49.5 cm³/mol. The molecule has 4 heteroatoms. The largest absolute Gasteiger partial charge is 0.264 e. The summed E-state index contributed by atoms with van der Waals surface area (Å²) < 4.78 is 0. The molecule has 0 heterocycles. The third-order valence-electron chi connectivity index (χ3n) is 2.39. The van der Waals surface area contributed by atoms with Gasteiger partial charge in [0.1, 0.15) is 5.38 Å². The van der Waals surface area contributed by atoms with Gasteiger partial charge in [-0.25, -0.2) is 0 Å². The highest BCUT2D eigenvalue weighted by atomic mass is 35.5. The van der Waals surface area contributed by atoms with Crippen LogP contribution in [0.3, 0.4) is 0 Å². The number of nitrogens with zero attached hydrogens (tertiary/aromatic N) is 1. The molecular weight excluding hydrogens is 190 g/mol. The highest BCUT2D eigenvalue weighted by molar-refractivity contribution is 6.21. The Kier molecular flexibility index (Phi) is 1.96. The van der Waals surface area contributed by atoms with Gasteiger partial charge in [-0.3, -0.25) is 10.1 Å². The van der Waals surface area contributed by atoms with Crippen LogP contribution in [0, 0.1) is 10.1 Å². The summed E-state index contributed by atoms with van der Waals surface area (Å²) in [7, 11) is 0. The fraction of sp³-hybridized carbons (Fsp3) is 0.333. The average molecular weight is 198 g/mol. The van der Waals surface area contributed by atoms with Crippen LogP contribution in [0.25, 0.3) is 0 Å². The van der Waals surface area contributed by atoms with Gasteiger partial charge in [-0.15, -0.1) is 11.6 Å². The molecule has 13 heavy (non-hydrogen) atoms. The standard InChI is InChI=1S/C9H8ClNO2/c10-9-7-4-2-1-3-6(7)5-8(9)11(12)13/h1-4,8-9H,5H2/t8-,9-/m0/s1. The summed E-state index contributed by atoms with van der Waals surface area (Å²) in [5, 5.41) is 10.1. The predicted octanol–water partition coefficient (Wildman–Crippen LogP) is 2.17. The second-order valence-corrected chi connectivity index (χ2v) is 3.63. The smallest absolute Gasteiger partial charge is 0.237 e. The summed E-state index contributed by atoms with van der Waals surface area (Å²) in [6.07, 6.45) is 0.456. The van der Waals surface area contributed by atoms with E-state index < -0.39 is 11.4 Å². The Labute approximate surface area is 80.5 Å². The number of benzene rings is 1. The van der Waals surface area contributed by atoms with Crippen LogP contribution in [0.2, 0.25) is 0 Å². The molecule has 0 spiro atoms. The van der Waals surface area contributed by atoms with Crippen LogP contribution < -0.4 is 0 Å². The Morgan fingerprint density at radius 2 is 2.15 bits per heavy atom. The molecule has 0 saturated heterocycles. The van der Waals surface area contributed by atoms with Crippen LogP contribution in [0.4, 0.5) is 0 Å². The number of hydrogen-bond donors (Lipinski definition) is 0. The maximum Gasteiger partial charge on any atom is 0.237 e. The molecule has 0 bridgehead atoms. The fourth-order valence-corrected chi connectivity index (χ4v) is 2.10. The lowest BCUT2D eigenvalue weighted by atomic mass is 10.1. The van der Waals surface area contributed by atoms with E-state index in [9.17, 15) is 10.1 Å². The zero-order chi connectivity index (χ0) is 9.42. The Morgan fingerprint density at radius 3 is 2.77 bits per heavy atom. The minimum absolute atomic E-state index is 0.294. The topological polar surface area (TPSA) is 43.1 Å². The quantitative estimate of drug-likeness (QED) is 0.393. The molecule has 68 valence electrons. The second kappa shape index (κ2) is 3.00. The third kappa shape index (κ3) is 1.29. The number of nitro groups is 1. The summed E-state index contributed by atoms with van der Waals surface area (Å²) in [5.41, 5.74) is 1.91. The van der Waals surface area contributed by atoms with Crippen molar-refractivity contribution in [2.75, 3.05) is 0 Å². The highest BCUT2D eigenvalue weighted by Crippen LogP contribution is 2.37. The normalized spacial score (nSPS) is 25.6. The van der Waals surface area contributed by atoms with Gasteiger partial charge in [-0.1, -0.05) is 24.3 Å². The van der Waals surface area contributed by atoms with E-state index in [4.69, 9.17) is 11.6 Å². The lowest BCUT2D eigenvalue weighted by Gasteiger charge is -2.04. The molecule has 0 radical (unpaired) electrons. The lowest BCUT2D eigenvalue weighted by Crippen LogP contribution is -2.21. The molecule has 0 N–H and O–H groups in total. The van der Waals surface area contributed by atoms with Crippen LogP contribution in [-0.2, 0) is 6.42 Å². The van der Waals surface area contributed by atoms with Crippen molar-refractivity contribution in [1.82, 2.24) is 0 Å². The minimum atomic E-state index is -0.654. The first kappa shape index (κ1) is 8.51. The zero-order valence-electron chi connectivity index (χ0n) is 6.81. The van der Waals surface area contributed by atoms with Gasteiger partial charge in [0, 0.05) is 11.3 Å². The average Bonchev–Trinajstić information content (AvgIpc) is 2.45. The van der Waals surface area contributed by atoms with Crippen molar-refractivity contribution in [3.63, 3.8) is 0 Å². The maximum absolute atomic E-state index is 10.6. The van der Waals surface area contributed by atoms with E-state index in [0.29, 0.717) is 6.42 Å². The van der Waals surface area contributed by atoms with Gasteiger partial charge in [0.15, 0.2) is 0 Å². The van der Waals surface area contributed by atoms with Crippen molar-refractivity contribution in [2.24, 2.45) is 0 Å². The van der Waals surface area contributed by atoms with E-state index in [-0.39, 0.29) is 4.92 Å². The molecule has 1 aromatic rings. The van der Waals surface area contributed by atoms with Gasteiger partial charge in [0.25, 0.3) is 0 Å².